The van der Waals surface area contributed by atoms with Crippen molar-refractivity contribution < 1.29 is 28.6 Å². The van der Waals surface area contributed by atoms with Crippen LogP contribution in [-0.4, -0.2) is 37.2 Å². The van der Waals surface area contributed by atoms with E-state index < -0.39 is 6.10 Å². The molecule has 6 nitrogen and oxygen atoms in total. The first-order valence-electron chi connectivity index (χ1n) is 30.5. The van der Waals surface area contributed by atoms with Crippen LogP contribution in [0.5, 0.6) is 0 Å². The number of esters is 3. The van der Waals surface area contributed by atoms with Crippen LogP contribution in [0.1, 0.15) is 329 Å². The number of unbranched alkanes of at least 4 members (excludes halogenated alkanes) is 39. The Hall–Kier alpha value is -2.37. The Morgan fingerprint density at radius 2 is 0.522 bits per heavy atom. The molecule has 0 amide bonds. The van der Waals surface area contributed by atoms with Gasteiger partial charge in [-0.05, 0) is 77.0 Å². The number of carbonyl (C=O) groups is 3. The second-order valence-corrected chi connectivity index (χ2v) is 20.6. The van der Waals surface area contributed by atoms with Crippen LogP contribution in [0.3, 0.4) is 0 Å². The summed E-state index contributed by atoms with van der Waals surface area (Å²) in [6.07, 6.45) is 70.2. The first-order chi connectivity index (χ1) is 34.0. The molecule has 0 heterocycles. The lowest BCUT2D eigenvalue weighted by Gasteiger charge is -2.18. The Morgan fingerprint density at radius 1 is 0.290 bits per heavy atom. The summed E-state index contributed by atoms with van der Waals surface area (Å²) in [6.45, 7) is 6.63. The van der Waals surface area contributed by atoms with Crippen molar-refractivity contribution in [1.29, 1.82) is 0 Å². The molecule has 0 saturated carbocycles. The average molecular weight is 970 g/mol. The molecule has 69 heavy (non-hydrogen) atoms. The van der Waals surface area contributed by atoms with Crippen molar-refractivity contribution in [1.82, 2.24) is 0 Å². The van der Waals surface area contributed by atoms with Crippen molar-refractivity contribution in [3.8, 4) is 0 Å². The molecule has 404 valence electrons. The van der Waals surface area contributed by atoms with Crippen LogP contribution in [-0.2, 0) is 28.6 Å². The third kappa shape index (κ3) is 56.4. The summed E-state index contributed by atoms with van der Waals surface area (Å²) < 4.78 is 16.8. The van der Waals surface area contributed by atoms with Gasteiger partial charge in [-0.15, -0.1) is 0 Å². The highest BCUT2D eigenvalue weighted by Crippen LogP contribution is 2.17. The lowest BCUT2D eigenvalue weighted by atomic mass is 10.0. The molecule has 0 aliphatic rings. The van der Waals surface area contributed by atoms with Crippen LogP contribution < -0.4 is 0 Å². The van der Waals surface area contributed by atoms with Crippen LogP contribution in [0.25, 0.3) is 0 Å². The van der Waals surface area contributed by atoms with Gasteiger partial charge in [-0.25, -0.2) is 0 Å². The standard InChI is InChI=1S/C63H116O6/c1-4-7-10-13-16-19-21-23-25-27-29-30-31-32-33-34-35-37-38-40-42-44-47-50-53-56-62(65)68-59-60(58-67-61(64)55-52-49-46-18-15-12-9-6-3)69-63(66)57-54-51-48-45-43-41-39-36-28-26-24-22-20-17-14-11-8-5-2/h20,22,26-29,60H,4-19,21,23-25,30-59H2,1-3H3/b22-20-,28-26-,29-27-. The number of carbonyl (C=O) groups excluding carboxylic acids is 3. The Bertz CT molecular complexity index is 1160. The number of ether oxygens (including phenoxy) is 3. The minimum Gasteiger partial charge on any atom is -0.462 e. The fraction of sp³-hybridized carbons (Fsp3) is 0.857. The van der Waals surface area contributed by atoms with E-state index in [4.69, 9.17) is 14.2 Å². The van der Waals surface area contributed by atoms with Gasteiger partial charge in [-0.3, -0.25) is 14.4 Å². The van der Waals surface area contributed by atoms with Gasteiger partial charge in [-0.1, -0.05) is 269 Å². The summed E-state index contributed by atoms with van der Waals surface area (Å²) in [5.41, 5.74) is 0. The number of hydrogen-bond acceptors (Lipinski definition) is 6. The molecule has 1 unspecified atom stereocenters. The molecule has 0 spiro atoms. The van der Waals surface area contributed by atoms with Crippen molar-refractivity contribution in [2.45, 2.75) is 335 Å². The van der Waals surface area contributed by atoms with Gasteiger partial charge >= 0.3 is 17.9 Å². The zero-order valence-electron chi connectivity index (χ0n) is 46.3. The molecular formula is C63H116O6. The van der Waals surface area contributed by atoms with Crippen molar-refractivity contribution in [3.05, 3.63) is 36.5 Å². The van der Waals surface area contributed by atoms with E-state index in [1.807, 2.05) is 0 Å². The van der Waals surface area contributed by atoms with Gasteiger partial charge in [0.2, 0.25) is 0 Å². The predicted octanol–water partition coefficient (Wildman–Crippen LogP) is 20.4. The van der Waals surface area contributed by atoms with Gasteiger partial charge in [-0.2, -0.15) is 0 Å². The summed E-state index contributed by atoms with van der Waals surface area (Å²) in [7, 11) is 0. The molecule has 0 bridgehead atoms. The summed E-state index contributed by atoms with van der Waals surface area (Å²) in [4.78, 5) is 38.0. The molecule has 6 heteroatoms. The second kappa shape index (κ2) is 58.2. The van der Waals surface area contributed by atoms with E-state index in [1.54, 1.807) is 0 Å². The van der Waals surface area contributed by atoms with Crippen LogP contribution in [0.15, 0.2) is 36.5 Å². The fourth-order valence-corrected chi connectivity index (χ4v) is 9.00. The van der Waals surface area contributed by atoms with Gasteiger partial charge in [0, 0.05) is 19.3 Å². The highest BCUT2D eigenvalue weighted by atomic mass is 16.6. The van der Waals surface area contributed by atoms with E-state index >= 15 is 0 Å². The van der Waals surface area contributed by atoms with E-state index in [1.165, 1.54) is 218 Å². The smallest absolute Gasteiger partial charge is 0.306 e. The first-order valence-corrected chi connectivity index (χ1v) is 30.5. The molecule has 0 rings (SSSR count). The molecule has 0 aromatic heterocycles. The van der Waals surface area contributed by atoms with Crippen molar-refractivity contribution in [2.75, 3.05) is 13.2 Å². The molecule has 0 aliphatic carbocycles. The summed E-state index contributed by atoms with van der Waals surface area (Å²) in [5, 5.41) is 0. The van der Waals surface area contributed by atoms with Crippen molar-refractivity contribution in [2.24, 2.45) is 0 Å². The molecule has 0 fully saturated rings. The molecule has 0 aromatic carbocycles. The van der Waals surface area contributed by atoms with Gasteiger partial charge in [0.25, 0.3) is 0 Å². The maximum absolute atomic E-state index is 12.8. The molecule has 0 saturated heterocycles. The number of rotatable bonds is 56. The highest BCUT2D eigenvalue weighted by Gasteiger charge is 2.19. The second-order valence-electron chi connectivity index (χ2n) is 20.6. The van der Waals surface area contributed by atoms with Gasteiger partial charge in [0.15, 0.2) is 6.10 Å². The third-order valence-electron chi connectivity index (χ3n) is 13.6. The zero-order valence-corrected chi connectivity index (χ0v) is 46.3. The van der Waals surface area contributed by atoms with E-state index in [0.29, 0.717) is 19.3 Å². The molecule has 0 radical (unpaired) electrons. The van der Waals surface area contributed by atoms with Gasteiger partial charge < -0.3 is 14.2 Å². The summed E-state index contributed by atoms with van der Waals surface area (Å²) in [5.74, 6) is -0.867. The quantitative estimate of drug-likeness (QED) is 0.0261. The highest BCUT2D eigenvalue weighted by molar-refractivity contribution is 5.71. The fourth-order valence-electron chi connectivity index (χ4n) is 9.00. The number of allylic oxidation sites excluding steroid dienone is 6. The summed E-state index contributed by atoms with van der Waals surface area (Å²) >= 11 is 0. The van der Waals surface area contributed by atoms with Crippen LogP contribution in [0, 0.1) is 0 Å². The third-order valence-corrected chi connectivity index (χ3v) is 13.6. The zero-order chi connectivity index (χ0) is 50.0. The topological polar surface area (TPSA) is 78.9 Å². The van der Waals surface area contributed by atoms with Gasteiger partial charge in [0.1, 0.15) is 13.2 Å². The Balaban J connectivity index is 4.15. The predicted molar refractivity (Wildman–Crippen MR) is 298 cm³/mol. The molecule has 0 aliphatic heterocycles. The SMILES string of the molecule is CCCCCC/C=C\C/C=C\CCCCCCCCCC(=O)OC(COC(=O)CCCCCCCCCC)COC(=O)CCCCCCCCCCCCCCC/C=C\CCCCCCCCCC. The van der Waals surface area contributed by atoms with Gasteiger partial charge in [0.05, 0.1) is 0 Å². The largest absolute Gasteiger partial charge is 0.462 e. The Kier molecular flexibility index (Phi) is 56.2. The van der Waals surface area contributed by atoms with Crippen molar-refractivity contribution in [3.63, 3.8) is 0 Å². The monoisotopic (exact) mass is 969 g/mol. The van der Waals surface area contributed by atoms with E-state index in [-0.39, 0.29) is 31.1 Å². The molecule has 0 N–H and O–H groups in total. The van der Waals surface area contributed by atoms with Crippen LogP contribution >= 0.6 is 0 Å². The minimum atomic E-state index is -0.772. The van der Waals surface area contributed by atoms with E-state index in [9.17, 15) is 14.4 Å². The molecule has 1 atom stereocenters. The maximum atomic E-state index is 12.8. The Labute approximate surface area is 429 Å². The van der Waals surface area contributed by atoms with Crippen LogP contribution in [0.2, 0.25) is 0 Å². The lowest BCUT2D eigenvalue weighted by Crippen LogP contribution is -2.30. The normalized spacial score (nSPS) is 12.2. The molecular weight excluding hydrogens is 853 g/mol. The number of hydrogen-bond donors (Lipinski definition) is 0. The summed E-state index contributed by atoms with van der Waals surface area (Å²) in [6, 6.07) is 0. The van der Waals surface area contributed by atoms with E-state index in [0.717, 1.165) is 70.6 Å². The maximum Gasteiger partial charge on any atom is 0.306 e. The van der Waals surface area contributed by atoms with Crippen LogP contribution in [0.4, 0.5) is 0 Å². The minimum absolute atomic E-state index is 0.0720. The Morgan fingerprint density at radius 3 is 0.826 bits per heavy atom. The first kappa shape index (κ1) is 66.6. The average Bonchev–Trinajstić information content (AvgIpc) is 3.35. The van der Waals surface area contributed by atoms with Crippen molar-refractivity contribution >= 4 is 17.9 Å². The molecule has 0 aromatic rings. The lowest BCUT2D eigenvalue weighted by molar-refractivity contribution is -0.167. The van der Waals surface area contributed by atoms with E-state index in [2.05, 4.69) is 57.2 Å².